The van der Waals surface area contributed by atoms with Crippen molar-refractivity contribution in [3.05, 3.63) is 35.4 Å². The van der Waals surface area contributed by atoms with Crippen molar-refractivity contribution >= 4 is 0 Å². The van der Waals surface area contributed by atoms with Crippen LogP contribution in [0.1, 0.15) is 30.9 Å². The molecule has 1 aromatic carbocycles. The van der Waals surface area contributed by atoms with E-state index >= 15 is 0 Å². The Morgan fingerprint density at radius 2 is 1.18 bits per heavy atom. The van der Waals surface area contributed by atoms with Gasteiger partial charge in [-0.05, 0) is 11.5 Å². The van der Waals surface area contributed by atoms with Gasteiger partial charge in [0.15, 0.2) is 0 Å². The van der Waals surface area contributed by atoms with Gasteiger partial charge in [-0.2, -0.15) is 39.5 Å². The molecule has 0 atom stereocenters. The summed E-state index contributed by atoms with van der Waals surface area (Å²) in [6, 6.07) is 3.43. The first-order valence-corrected chi connectivity index (χ1v) is 5.97. The first-order chi connectivity index (χ1) is 9.68. The number of halogens is 9. The molecule has 0 bridgehead atoms. The van der Waals surface area contributed by atoms with Gasteiger partial charge >= 0.3 is 23.9 Å². The van der Waals surface area contributed by atoms with Crippen molar-refractivity contribution in [2.24, 2.45) is 0 Å². The Kier molecular flexibility index (Phi) is 4.53. The van der Waals surface area contributed by atoms with Gasteiger partial charge in [0, 0.05) is 5.56 Å². The first-order valence-electron chi connectivity index (χ1n) is 5.97. The lowest BCUT2D eigenvalue weighted by Gasteiger charge is -2.35. The predicted molar refractivity (Wildman–Crippen MR) is 60.4 cm³/mol. The second kappa shape index (κ2) is 5.34. The average molecular weight is 338 g/mol. The summed E-state index contributed by atoms with van der Waals surface area (Å²) in [6.07, 6.45) is -6.81. The predicted octanol–water partition coefficient (Wildman–Crippen LogP) is 5.73. The molecule has 0 N–H and O–H groups in total. The van der Waals surface area contributed by atoms with E-state index < -0.39 is 41.0 Å². The first kappa shape index (κ1) is 18.6. The Labute approximate surface area is 119 Å². The van der Waals surface area contributed by atoms with Crippen LogP contribution in [0.4, 0.5) is 39.5 Å². The topological polar surface area (TPSA) is 0 Å². The van der Waals surface area contributed by atoms with Crippen molar-refractivity contribution in [1.82, 2.24) is 0 Å². The van der Waals surface area contributed by atoms with E-state index in [1.807, 2.05) is 0 Å². The Bertz CT molecular complexity index is 529. The summed E-state index contributed by atoms with van der Waals surface area (Å²) in [6.45, 7) is 2.63. The molecule has 0 heterocycles. The van der Waals surface area contributed by atoms with Crippen LogP contribution in [0.25, 0.3) is 0 Å². The molecule has 1 rings (SSSR count). The van der Waals surface area contributed by atoms with Crippen molar-refractivity contribution in [3.8, 4) is 0 Å². The van der Waals surface area contributed by atoms with Crippen LogP contribution in [0.15, 0.2) is 24.3 Å². The van der Waals surface area contributed by atoms with Crippen LogP contribution in [-0.2, 0) is 5.92 Å². The van der Waals surface area contributed by atoms with Gasteiger partial charge in [0.1, 0.15) is 0 Å². The molecular weight excluding hydrogens is 327 g/mol. The third-order valence-electron chi connectivity index (χ3n) is 3.07. The molecule has 0 nitrogen and oxygen atoms in total. The van der Waals surface area contributed by atoms with E-state index in [2.05, 4.69) is 0 Å². The van der Waals surface area contributed by atoms with E-state index in [-0.39, 0.29) is 0 Å². The summed E-state index contributed by atoms with van der Waals surface area (Å²) < 4.78 is 116. The van der Waals surface area contributed by atoms with Crippen LogP contribution in [0.5, 0.6) is 0 Å². The van der Waals surface area contributed by atoms with Crippen molar-refractivity contribution in [3.63, 3.8) is 0 Å². The molecular formula is C13H11F9. The highest BCUT2D eigenvalue weighted by atomic mass is 19.4. The van der Waals surface area contributed by atoms with E-state index in [0.717, 1.165) is 12.1 Å². The molecule has 0 saturated carbocycles. The lowest BCUT2D eigenvalue weighted by atomic mass is 9.89. The van der Waals surface area contributed by atoms with Crippen molar-refractivity contribution in [2.45, 2.75) is 43.7 Å². The molecule has 126 valence electrons. The molecule has 22 heavy (non-hydrogen) atoms. The molecule has 0 radical (unpaired) electrons. The summed E-state index contributed by atoms with van der Waals surface area (Å²) in [4.78, 5) is 0. The van der Waals surface area contributed by atoms with Crippen LogP contribution < -0.4 is 0 Å². The smallest absolute Gasteiger partial charge is 0.194 e. The maximum Gasteiger partial charge on any atom is 0.460 e. The van der Waals surface area contributed by atoms with Crippen LogP contribution >= 0.6 is 0 Å². The second-order valence-corrected chi connectivity index (χ2v) is 4.96. The zero-order valence-electron chi connectivity index (χ0n) is 11.3. The highest BCUT2D eigenvalue weighted by Crippen LogP contribution is 2.57. The average Bonchev–Trinajstić information content (AvgIpc) is 2.36. The van der Waals surface area contributed by atoms with Gasteiger partial charge in [-0.15, -0.1) is 0 Å². The normalized spacial score (nSPS) is 14.5. The van der Waals surface area contributed by atoms with Crippen LogP contribution in [0.2, 0.25) is 0 Å². The third kappa shape index (κ3) is 2.65. The Morgan fingerprint density at radius 1 is 0.727 bits per heavy atom. The Morgan fingerprint density at radius 3 is 1.59 bits per heavy atom. The van der Waals surface area contributed by atoms with Crippen LogP contribution in [-0.4, -0.2) is 18.0 Å². The maximum absolute atomic E-state index is 13.9. The molecule has 0 aliphatic carbocycles. The van der Waals surface area contributed by atoms with Crippen molar-refractivity contribution < 1.29 is 39.5 Å². The van der Waals surface area contributed by atoms with Gasteiger partial charge in [-0.1, -0.05) is 38.1 Å². The van der Waals surface area contributed by atoms with Crippen LogP contribution in [0.3, 0.4) is 0 Å². The van der Waals surface area contributed by atoms with Crippen molar-refractivity contribution in [2.75, 3.05) is 0 Å². The minimum atomic E-state index is -6.88. The number of hydrogen-bond acceptors (Lipinski definition) is 0. The SMILES string of the molecule is CC(C)c1ccccc1C(F)(F)C(F)(F)C(F)(F)C(F)(F)F. The summed E-state index contributed by atoms with van der Waals surface area (Å²) in [5.41, 5.74) is -2.00. The highest BCUT2D eigenvalue weighted by molar-refractivity contribution is 5.35. The minimum Gasteiger partial charge on any atom is -0.194 e. The largest absolute Gasteiger partial charge is 0.460 e. The second-order valence-electron chi connectivity index (χ2n) is 4.96. The van der Waals surface area contributed by atoms with E-state index in [4.69, 9.17) is 0 Å². The fourth-order valence-electron chi connectivity index (χ4n) is 1.83. The Hall–Kier alpha value is -1.41. The molecule has 0 amide bonds. The van der Waals surface area contributed by atoms with Gasteiger partial charge in [-0.3, -0.25) is 0 Å². The molecule has 0 aliphatic rings. The monoisotopic (exact) mass is 338 g/mol. The summed E-state index contributed by atoms with van der Waals surface area (Å²) >= 11 is 0. The highest BCUT2D eigenvalue weighted by Gasteiger charge is 2.82. The van der Waals surface area contributed by atoms with E-state index in [1.165, 1.54) is 19.9 Å². The molecule has 0 saturated heterocycles. The summed E-state index contributed by atoms with van der Waals surface area (Å²) in [5, 5.41) is 0. The molecule has 0 aliphatic heterocycles. The quantitative estimate of drug-likeness (QED) is 0.615. The molecule has 0 unspecified atom stereocenters. The molecule has 0 aromatic heterocycles. The van der Waals surface area contributed by atoms with Gasteiger partial charge in [0.25, 0.3) is 0 Å². The molecule has 0 fully saturated rings. The van der Waals surface area contributed by atoms with Gasteiger partial charge < -0.3 is 0 Å². The number of alkyl halides is 9. The number of benzene rings is 1. The van der Waals surface area contributed by atoms with E-state index in [0.29, 0.717) is 6.07 Å². The van der Waals surface area contributed by atoms with E-state index in [1.54, 1.807) is 0 Å². The fourth-order valence-corrected chi connectivity index (χ4v) is 1.83. The molecule has 1 aromatic rings. The standard InChI is InChI=1S/C13H11F9/c1-7(2)8-5-3-4-6-9(8)10(14,15)11(16,17)12(18,19)13(20,21)22/h3-7H,1-2H3. The maximum atomic E-state index is 13.9. The van der Waals surface area contributed by atoms with Crippen molar-refractivity contribution in [1.29, 1.82) is 0 Å². The molecule has 0 spiro atoms. The van der Waals surface area contributed by atoms with E-state index in [9.17, 15) is 39.5 Å². The van der Waals surface area contributed by atoms with Gasteiger partial charge in [0.05, 0.1) is 0 Å². The lowest BCUT2D eigenvalue weighted by molar-refractivity contribution is -0.399. The summed E-state index contributed by atoms with van der Waals surface area (Å²) in [5.74, 6) is -20.0. The lowest BCUT2D eigenvalue weighted by Crippen LogP contribution is -2.59. The molecule has 9 heteroatoms. The summed E-state index contributed by atoms with van der Waals surface area (Å²) in [7, 11) is 0. The third-order valence-corrected chi connectivity index (χ3v) is 3.07. The minimum absolute atomic E-state index is 0.412. The number of rotatable bonds is 4. The van der Waals surface area contributed by atoms with Crippen LogP contribution in [0, 0.1) is 0 Å². The zero-order chi connectivity index (χ0) is 17.6. The van der Waals surface area contributed by atoms with Gasteiger partial charge in [0.2, 0.25) is 0 Å². The number of hydrogen-bond donors (Lipinski definition) is 0. The zero-order valence-corrected chi connectivity index (χ0v) is 11.3. The van der Waals surface area contributed by atoms with Gasteiger partial charge in [-0.25, -0.2) is 0 Å². The fraction of sp³-hybridized carbons (Fsp3) is 0.538. The Balaban J connectivity index is 3.53.